The minimum atomic E-state index is -0.731. The molecule has 1 aromatic rings. The van der Waals surface area contributed by atoms with Crippen LogP contribution in [0, 0.1) is 19.3 Å². The van der Waals surface area contributed by atoms with Crippen molar-refractivity contribution >= 4 is 5.97 Å². The summed E-state index contributed by atoms with van der Waals surface area (Å²) in [5, 5.41) is 9.07. The molecule has 1 N–H and O–H groups in total. The number of carboxylic acids is 1. The maximum Gasteiger partial charge on any atom is 0.303 e. The molecule has 0 bridgehead atoms. The van der Waals surface area contributed by atoms with Crippen molar-refractivity contribution in [3.63, 3.8) is 0 Å². The Morgan fingerprint density at radius 1 is 1.29 bits per heavy atom. The number of aliphatic carboxylic acids is 1. The van der Waals surface area contributed by atoms with E-state index in [1.807, 2.05) is 6.07 Å². The first-order valence-electron chi connectivity index (χ1n) is 6.01. The number of carboxylic acid groups (broad SMARTS) is 1. The normalized spacial score (nSPS) is 13.5. The number of carbonyl (C=O) groups is 1. The summed E-state index contributed by atoms with van der Waals surface area (Å²) in [7, 11) is 0. The van der Waals surface area contributed by atoms with Gasteiger partial charge in [-0.05, 0) is 41.9 Å². The predicted octanol–water partition coefficient (Wildman–Crippen LogP) is 3.91. The van der Waals surface area contributed by atoms with Crippen LogP contribution in [0.2, 0.25) is 0 Å². The molecule has 0 saturated heterocycles. The molecule has 0 aliphatic rings. The zero-order chi connectivity index (χ0) is 13.2. The third-order valence-corrected chi connectivity index (χ3v) is 3.45. The van der Waals surface area contributed by atoms with Gasteiger partial charge in [-0.3, -0.25) is 4.79 Å². The molecule has 2 nitrogen and oxygen atoms in total. The van der Waals surface area contributed by atoms with Gasteiger partial charge in [-0.25, -0.2) is 0 Å². The van der Waals surface area contributed by atoms with Crippen molar-refractivity contribution in [1.82, 2.24) is 0 Å². The van der Waals surface area contributed by atoms with Gasteiger partial charge >= 0.3 is 5.97 Å². The van der Waals surface area contributed by atoms with Gasteiger partial charge in [0.05, 0.1) is 6.42 Å². The van der Waals surface area contributed by atoms with E-state index in [9.17, 15) is 4.79 Å². The van der Waals surface area contributed by atoms with Gasteiger partial charge in [0.1, 0.15) is 0 Å². The number of benzene rings is 1. The van der Waals surface area contributed by atoms with Gasteiger partial charge in [0.15, 0.2) is 0 Å². The summed E-state index contributed by atoms with van der Waals surface area (Å²) in [5.74, 6) is -0.675. The average Bonchev–Trinajstić information content (AvgIpc) is 2.17. The molecule has 0 aliphatic carbocycles. The summed E-state index contributed by atoms with van der Waals surface area (Å²) in [6.07, 6.45) is 0.188. The van der Waals surface area contributed by atoms with E-state index in [-0.39, 0.29) is 17.8 Å². The van der Waals surface area contributed by atoms with E-state index in [0.29, 0.717) is 0 Å². The molecule has 2 heteroatoms. The summed E-state index contributed by atoms with van der Waals surface area (Å²) >= 11 is 0. The van der Waals surface area contributed by atoms with Crippen molar-refractivity contribution in [2.24, 2.45) is 5.41 Å². The second-order valence-corrected chi connectivity index (χ2v) is 5.81. The van der Waals surface area contributed by atoms with E-state index in [2.05, 4.69) is 46.8 Å². The Kier molecular flexibility index (Phi) is 3.97. The van der Waals surface area contributed by atoms with Gasteiger partial charge in [0, 0.05) is 0 Å². The maximum atomic E-state index is 11.0. The van der Waals surface area contributed by atoms with Crippen LogP contribution in [0.1, 0.15) is 49.8 Å². The van der Waals surface area contributed by atoms with Crippen LogP contribution in [0.5, 0.6) is 0 Å². The van der Waals surface area contributed by atoms with Crippen molar-refractivity contribution in [3.05, 3.63) is 34.9 Å². The van der Waals surface area contributed by atoms with Crippen LogP contribution >= 0.6 is 0 Å². The summed E-state index contributed by atoms with van der Waals surface area (Å²) in [6.45, 7) is 10.4. The minimum absolute atomic E-state index is 0.0447. The quantitative estimate of drug-likeness (QED) is 0.861. The Labute approximate surface area is 104 Å². The van der Waals surface area contributed by atoms with E-state index < -0.39 is 5.97 Å². The molecule has 1 rings (SSSR count). The molecule has 0 aromatic heterocycles. The largest absolute Gasteiger partial charge is 0.481 e. The third-order valence-electron chi connectivity index (χ3n) is 3.45. The van der Waals surface area contributed by atoms with Crippen LogP contribution in [-0.2, 0) is 4.79 Å². The monoisotopic (exact) mass is 234 g/mol. The Hall–Kier alpha value is -1.31. The van der Waals surface area contributed by atoms with Crippen molar-refractivity contribution in [2.75, 3.05) is 0 Å². The molecule has 1 atom stereocenters. The summed E-state index contributed by atoms with van der Waals surface area (Å²) in [6, 6.07) is 6.14. The molecular weight excluding hydrogens is 212 g/mol. The summed E-state index contributed by atoms with van der Waals surface area (Å²) in [5.41, 5.74) is 3.56. The lowest BCUT2D eigenvalue weighted by Crippen LogP contribution is -2.22. The zero-order valence-electron chi connectivity index (χ0n) is 11.4. The van der Waals surface area contributed by atoms with Crippen LogP contribution in [-0.4, -0.2) is 11.1 Å². The Bertz CT molecular complexity index is 413. The molecule has 0 heterocycles. The third kappa shape index (κ3) is 3.32. The van der Waals surface area contributed by atoms with Crippen molar-refractivity contribution < 1.29 is 9.90 Å². The molecule has 1 unspecified atom stereocenters. The van der Waals surface area contributed by atoms with Crippen LogP contribution in [0.3, 0.4) is 0 Å². The van der Waals surface area contributed by atoms with Crippen LogP contribution < -0.4 is 0 Å². The first kappa shape index (κ1) is 13.8. The van der Waals surface area contributed by atoms with Crippen LogP contribution in [0.4, 0.5) is 0 Å². The first-order chi connectivity index (χ1) is 7.73. The summed E-state index contributed by atoms with van der Waals surface area (Å²) in [4.78, 5) is 11.0. The lowest BCUT2D eigenvalue weighted by Gasteiger charge is -2.31. The molecule has 17 heavy (non-hydrogen) atoms. The topological polar surface area (TPSA) is 37.3 Å². The molecule has 0 fully saturated rings. The van der Waals surface area contributed by atoms with Gasteiger partial charge in [-0.2, -0.15) is 0 Å². The Morgan fingerprint density at radius 2 is 1.88 bits per heavy atom. The van der Waals surface area contributed by atoms with Crippen molar-refractivity contribution in [1.29, 1.82) is 0 Å². The minimum Gasteiger partial charge on any atom is -0.481 e. The molecule has 0 amide bonds. The molecule has 0 spiro atoms. The SMILES string of the molecule is Cc1cccc(C(CC(=O)O)C(C)(C)C)c1C. The van der Waals surface area contributed by atoms with Gasteiger partial charge in [-0.15, -0.1) is 0 Å². The number of hydrogen-bond acceptors (Lipinski definition) is 1. The number of hydrogen-bond donors (Lipinski definition) is 1. The number of rotatable bonds is 3. The highest BCUT2D eigenvalue weighted by Gasteiger charge is 2.29. The highest BCUT2D eigenvalue weighted by atomic mass is 16.4. The zero-order valence-corrected chi connectivity index (χ0v) is 11.4. The number of aryl methyl sites for hydroxylation is 1. The standard InChI is InChI=1S/C15H22O2/c1-10-7-6-8-12(11(10)2)13(9-14(16)17)15(3,4)5/h6-8,13H,9H2,1-5H3,(H,16,17). The van der Waals surface area contributed by atoms with Gasteiger partial charge in [0.25, 0.3) is 0 Å². The van der Waals surface area contributed by atoms with E-state index in [0.717, 1.165) is 0 Å². The molecule has 0 radical (unpaired) electrons. The van der Waals surface area contributed by atoms with Crippen LogP contribution in [0.25, 0.3) is 0 Å². The average molecular weight is 234 g/mol. The highest BCUT2D eigenvalue weighted by Crippen LogP contribution is 2.39. The van der Waals surface area contributed by atoms with E-state index in [1.54, 1.807) is 0 Å². The molecular formula is C15H22O2. The second-order valence-electron chi connectivity index (χ2n) is 5.81. The van der Waals surface area contributed by atoms with E-state index >= 15 is 0 Å². The summed E-state index contributed by atoms with van der Waals surface area (Å²) < 4.78 is 0. The molecule has 94 valence electrons. The van der Waals surface area contributed by atoms with Gasteiger partial charge < -0.3 is 5.11 Å². The smallest absolute Gasteiger partial charge is 0.303 e. The fourth-order valence-corrected chi connectivity index (χ4v) is 2.21. The van der Waals surface area contributed by atoms with Crippen LogP contribution in [0.15, 0.2) is 18.2 Å². The van der Waals surface area contributed by atoms with Crippen molar-refractivity contribution in [2.45, 2.75) is 47.0 Å². The molecule has 0 saturated carbocycles. The Balaban J connectivity index is 3.22. The fraction of sp³-hybridized carbons (Fsp3) is 0.533. The van der Waals surface area contributed by atoms with E-state index in [1.165, 1.54) is 16.7 Å². The van der Waals surface area contributed by atoms with Gasteiger partial charge in [0.2, 0.25) is 0 Å². The second kappa shape index (κ2) is 4.91. The Morgan fingerprint density at radius 3 is 2.35 bits per heavy atom. The molecule has 1 aromatic carbocycles. The van der Waals surface area contributed by atoms with Crippen molar-refractivity contribution in [3.8, 4) is 0 Å². The predicted molar refractivity (Wildman–Crippen MR) is 70.4 cm³/mol. The van der Waals surface area contributed by atoms with Gasteiger partial charge in [-0.1, -0.05) is 39.0 Å². The highest BCUT2D eigenvalue weighted by molar-refractivity contribution is 5.68. The lowest BCUT2D eigenvalue weighted by molar-refractivity contribution is -0.138. The fourth-order valence-electron chi connectivity index (χ4n) is 2.21. The lowest BCUT2D eigenvalue weighted by atomic mass is 9.73. The maximum absolute atomic E-state index is 11.0. The van der Waals surface area contributed by atoms with E-state index in [4.69, 9.17) is 5.11 Å². The molecule has 0 aliphatic heterocycles. The first-order valence-corrected chi connectivity index (χ1v) is 6.01.